The van der Waals surface area contributed by atoms with Crippen molar-refractivity contribution in [3.8, 4) is 0 Å². The number of ketones is 1. The molecule has 0 unspecified atom stereocenters. The van der Waals surface area contributed by atoms with Crippen LogP contribution in [0.1, 0.15) is 32.7 Å². The molecule has 0 saturated carbocycles. The zero-order valence-corrected chi connectivity index (χ0v) is 13.4. The number of carbonyl (C=O) groups is 2. The number of amides is 1. The molecule has 4 heteroatoms. The summed E-state index contributed by atoms with van der Waals surface area (Å²) in [6, 6.07) is 13.2. The van der Waals surface area contributed by atoms with E-state index in [0.29, 0.717) is 17.5 Å². The summed E-state index contributed by atoms with van der Waals surface area (Å²) in [5.74, 6) is 0.791. The summed E-state index contributed by atoms with van der Waals surface area (Å²) in [5, 5.41) is 0. The molecule has 0 bridgehead atoms. The first-order chi connectivity index (χ1) is 10.6. The summed E-state index contributed by atoms with van der Waals surface area (Å²) >= 11 is 1.60. The summed E-state index contributed by atoms with van der Waals surface area (Å²) in [6.07, 6.45) is 0.545. The normalized spacial score (nSPS) is 13.6. The maximum atomic E-state index is 12.9. The van der Waals surface area contributed by atoms with Gasteiger partial charge < -0.3 is 4.90 Å². The Morgan fingerprint density at radius 3 is 2.68 bits per heavy atom. The number of hydrogen-bond acceptors (Lipinski definition) is 3. The van der Waals surface area contributed by atoms with E-state index in [9.17, 15) is 9.59 Å². The number of hydrogen-bond donors (Lipinski definition) is 0. The minimum absolute atomic E-state index is 0.0756. The molecule has 1 aliphatic rings. The maximum absolute atomic E-state index is 12.9. The lowest BCUT2D eigenvalue weighted by Crippen LogP contribution is -2.28. The molecule has 0 aliphatic carbocycles. The molecule has 2 aromatic carbocycles. The Morgan fingerprint density at radius 1 is 1.14 bits per heavy atom. The maximum Gasteiger partial charge on any atom is 0.259 e. The van der Waals surface area contributed by atoms with E-state index in [1.807, 2.05) is 43.3 Å². The van der Waals surface area contributed by atoms with E-state index >= 15 is 0 Å². The largest absolute Gasteiger partial charge is 0.311 e. The van der Waals surface area contributed by atoms with Gasteiger partial charge in [0.25, 0.3) is 5.91 Å². The van der Waals surface area contributed by atoms with Crippen molar-refractivity contribution in [2.75, 3.05) is 17.7 Å². The number of aryl methyl sites for hydroxylation is 1. The molecule has 0 saturated heterocycles. The SMILES string of the molecule is Cc1ccccc1N(C)C(=O)c1cccc2c1SCCC2=O. The smallest absolute Gasteiger partial charge is 0.259 e. The molecule has 0 aromatic heterocycles. The van der Waals surface area contributed by atoms with Crippen molar-refractivity contribution in [1.82, 2.24) is 0 Å². The van der Waals surface area contributed by atoms with Crippen LogP contribution in [0, 0.1) is 6.92 Å². The highest BCUT2D eigenvalue weighted by Gasteiger charge is 2.25. The van der Waals surface area contributed by atoms with Crippen LogP contribution in [0.3, 0.4) is 0 Å². The molecule has 3 nitrogen and oxygen atoms in total. The number of benzene rings is 2. The van der Waals surface area contributed by atoms with Crippen LogP contribution in [0.15, 0.2) is 47.4 Å². The van der Waals surface area contributed by atoms with Crippen molar-refractivity contribution >= 4 is 29.1 Å². The number of nitrogens with zero attached hydrogens (tertiary/aromatic N) is 1. The van der Waals surface area contributed by atoms with Gasteiger partial charge in [0, 0.05) is 35.4 Å². The monoisotopic (exact) mass is 311 g/mol. The summed E-state index contributed by atoms with van der Waals surface area (Å²) < 4.78 is 0. The van der Waals surface area contributed by atoms with E-state index in [2.05, 4.69) is 0 Å². The van der Waals surface area contributed by atoms with Crippen LogP contribution < -0.4 is 4.90 Å². The van der Waals surface area contributed by atoms with E-state index in [1.165, 1.54) is 0 Å². The molecule has 22 heavy (non-hydrogen) atoms. The Morgan fingerprint density at radius 2 is 1.91 bits per heavy atom. The number of anilines is 1. The lowest BCUT2D eigenvalue weighted by Gasteiger charge is -2.23. The number of para-hydroxylation sites is 1. The predicted molar refractivity (Wildman–Crippen MR) is 90.0 cm³/mol. The topological polar surface area (TPSA) is 37.4 Å². The quantitative estimate of drug-likeness (QED) is 0.842. The van der Waals surface area contributed by atoms with E-state index in [1.54, 1.807) is 29.8 Å². The van der Waals surface area contributed by atoms with Crippen LogP contribution in [0.25, 0.3) is 0 Å². The number of Topliss-reactive ketones (excluding diaryl/α,β-unsaturated/α-hetero) is 1. The van der Waals surface area contributed by atoms with Gasteiger partial charge in [0.2, 0.25) is 0 Å². The third kappa shape index (κ3) is 2.55. The van der Waals surface area contributed by atoms with Gasteiger partial charge in [-0.15, -0.1) is 11.8 Å². The zero-order chi connectivity index (χ0) is 15.7. The first-order valence-electron chi connectivity index (χ1n) is 7.22. The van der Waals surface area contributed by atoms with Crippen molar-refractivity contribution in [2.24, 2.45) is 0 Å². The van der Waals surface area contributed by atoms with Crippen molar-refractivity contribution in [3.05, 3.63) is 59.2 Å². The van der Waals surface area contributed by atoms with Crippen molar-refractivity contribution in [3.63, 3.8) is 0 Å². The molecule has 112 valence electrons. The van der Waals surface area contributed by atoms with Crippen LogP contribution in [0.4, 0.5) is 5.69 Å². The third-order valence-corrected chi connectivity index (χ3v) is 5.04. The summed E-state index contributed by atoms with van der Waals surface area (Å²) in [4.78, 5) is 27.4. The van der Waals surface area contributed by atoms with Crippen molar-refractivity contribution in [1.29, 1.82) is 0 Å². The summed E-state index contributed by atoms with van der Waals surface area (Å²) in [7, 11) is 1.78. The molecule has 0 atom stereocenters. The number of carbonyl (C=O) groups excluding carboxylic acids is 2. The minimum Gasteiger partial charge on any atom is -0.311 e. The summed E-state index contributed by atoms with van der Waals surface area (Å²) in [6.45, 7) is 1.98. The standard InChI is InChI=1S/C18H17NO2S/c1-12-6-3-4-9-15(12)19(2)18(21)14-8-5-7-13-16(20)10-11-22-17(13)14/h3-9H,10-11H2,1-2H3. The van der Waals surface area contributed by atoms with Gasteiger partial charge in [-0.2, -0.15) is 0 Å². The number of fused-ring (bicyclic) bond motifs is 1. The Hall–Kier alpha value is -2.07. The molecule has 1 aliphatic heterocycles. The minimum atomic E-state index is -0.0756. The second kappa shape index (κ2) is 5.97. The predicted octanol–water partition coefficient (Wildman–Crippen LogP) is 3.95. The Balaban J connectivity index is 2.01. The molecule has 1 heterocycles. The molecule has 2 aromatic rings. The van der Waals surface area contributed by atoms with Crippen molar-refractivity contribution in [2.45, 2.75) is 18.2 Å². The first-order valence-corrected chi connectivity index (χ1v) is 8.21. The second-order valence-electron chi connectivity index (χ2n) is 5.35. The zero-order valence-electron chi connectivity index (χ0n) is 12.6. The first kappa shape index (κ1) is 14.9. The summed E-state index contributed by atoms with van der Waals surface area (Å²) in [5.41, 5.74) is 3.23. The lowest BCUT2D eigenvalue weighted by molar-refractivity contribution is 0.0983. The fourth-order valence-electron chi connectivity index (χ4n) is 2.69. The molecular weight excluding hydrogens is 294 g/mol. The van der Waals surface area contributed by atoms with Gasteiger partial charge >= 0.3 is 0 Å². The van der Waals surface area contributed by atoms with Crippen LogP contribution >= 0.6 is 11.8 Å². The lowest BCUT2D eigenvalue weighted by atomic mass is 10.0. The average molecular weight is 311 g/mol. The molecule has 0 spiro atoms. The Labute approximate surface area is 134 Å². The number of thioether (sulfide) groups is 1. The Kier molecular flexibility index (Phi) is 4.03. The van der Waals surface area contributed by atoms with E-state index < -0.39 is 0 Å². The molecular formula is C18H17NO2S. The van der Waals surface area contributed by atoms with Gasteiger partial charge in [0.1, 0.15) is 0 Å². The molecule has 1 amide bonds. The van der Waals surface area contributed by atoms with Crippen LogP contribution in [-0.4, -0.2) is 24.5 Å². The van der Waals surface area contributed by atoms with E-state index in [-0.39, 0.29) is 11.7 Å². The van der Waals surface area contributed by atoms with Crippen molar-refractivity contribution < 1.29 is 9.59 Å². The molecule has 0 fully saturated rings. The van der Waals surface area contributed by atoms with Crippen LogP contribution in [-0.2, 0) is 0 Å². The van der Waals surface area contributed by atoms with E-state index in [4.69, 9.17) is 0 Å². The van der Waals surface area contributed by atoms with Gasteiger partial charge in [-0.25, -0.2) is 0 Å². The van der Waals surface area contributed by atoms with Gasteiger partial charge in [-0.1, -0.05) is 30.3 Å². The third-order valence-electron chi connectivity index (χ3n) is 3.90. The second-order valence-corrected chi connectivity index (χ2v) is 6.46. The Bertz CT molecular complexity index is 755. The van der Waals surface area contributed by atoms with Gasteiger partial charge in [0.15, 0.2) is 5.78 Å². The van der Waals surface area contributed by atoms with E-state index in [0.717, 1.165) is 21.9 Å². The highest BCUT2D eigenvalue weighted by atomic mass is 32.2. The average Bonchev–Trinajstić information content (AvgIpc) is 2.54. The van der Waals surface area contributed by atoms with Gasteiger partial charge in [-0.3, -0.25) is 9.59 Å². The van der Waals surface area contributed by atoms with Crippen LogP contribution in [0.2, 0.25) is 0 Å². The molecule has 0 radical (unpaired) electrons. The highest BCUT2D eigenvalue weighted by Crippen LogP contribution is 2.34. The fraction of sp³-hybridized carbons (Fsp3) is 0.222. The highest BCUT2D eigenvalue weighted by molar-refractivity contribution is 7.99. The fourth-order valence-corrected chi connectivity index (χ4v) is 3.83. The van der Waals surface area contributed by atoms with Crippen LogP contribution in [0.5, 0.6) is 0 Å². The van der Waals surface area contributed by atoms with Gasteiger partial charge in [0.05, 0.1) is 5.56 Å². The molecule has 3 rings (SSSR count). The molecule has 0 N–H and O–H groups in total. The van der Waals surface area contributed by atoms with Gasteiger partial charge in [-0.05, 0) is 24.6 Å². The number of rotatable bonds is 2.